The predicted molar refractivity (Wildman–Crippen MR) is 64.0 cm³/mol. The minimum Gasteiger partial charge on any atom is -0.390 e. The van der Waals surface area contributed by atoms with Crippen molar-refractivity contribution in [2.45, 2.75) is 18.3 Å². The van der Waals surface area contributed by atoms with Gasteiger partial charge in [0.1, 0.15) is 11.1 Å². The number of carbonyl (C=O) groups excluding carboxylic acids is 1. The van der Waals surface area contributed by atoms with E-state index in [9.17, 15) is 13.2 Å². The lowest BCUT2D eigenvalue weighted by Gasteiger charge is -2.15. The van der Waals surface area contributed by atoms with Crippen LogP contribution in [0.25, 0.3) is 0 Å². The lowest BCUT2D eigenvalue weighted by Crippen LogP contribution is -2.32. The smallest absolute Gasteiger partial charge is 0.229 e. The zero-order chi connectivity index (χ0) is 13.3. The number of primary sulfonamides is 1. The second kappa shape index (κ2) is 4.63. The highest BCUT2D eigenvalue weighted by Gasteiger charge is 2.37. The Bertz CT molecular complexity index is 572. The predicted octanol–water partition coefficient (Wildman–Crippen LogP) is -1.03. The SMILES string of the molecule is NS(=O)(=O)C1CC(=O)N(c2cccc(CO)n2)C1. The van der Waals surface area contributed by atoms with Gasteiger partial charge < -0.3 is 5.11 Å². The van der Waals surface area contributed by atoms with E-state index in [4.69, 9.17) is 10.2 Å². The fourth-order valence-electron chi connectivity index (χ4n) is 1.82. The zero-order valence-electron chi connectivity index (χ0n) is 9.48. The van der Waals surface area contributed by atoms with Crippen LogP contribution in [0.1, 0.15) is 12.1 Å². The molecular formula is C10H13N3O4S. The maximum absolute atomic E-state index is 11.7. The molecule has 3 N–H and O–H groups in total. The van der Waals surface area contributed by atoms with Crippen molar-refractivity contribution in [2.75, 3.05) is 11.4 Å². The normalized spacial score (nSPS) is 20.4. The molecule has 1 aliphatic rings. The second-order valence-corrected chi connectivity index (χ2v) is 5.91. The summed E-state index contributed by atoms with van der Waals surface area (Å²) in [5.41, 5.74) is 0.416. The molecule has 1 aliphatic heterocycles. The van der Waals surface area contributed by atoms with Crippen LogP contribution in [0.15, 0.2) is 18.2 Å². The summed E-state index contributed by atoms with van der Waals surface area (Å²) in [5, 5.41) is 13.1. The van der Waals surface area contributed by atoms with Crippen molar-refractivity contribution < 1.29 is 18.3 Å². The third-order valence-corrected chi connectivity index (χ3v) is 4.03. The molecule has 1 saturated heterocycles. The molecule has 7 nitrogen and oxygen atoms in total. The number of hydrogen-bond acceptors (Lipinski definition) is 5. The highest BCUT2D eigenvalue weighted by Crippen LogP contribution is 2.22. The van der Waals surface area contributed by atoms with E-state index in [1.807, 2.05) is 0 Å². The van der Waals surface area contributed by atoms with E-state index in [-0.39, 0.29) is 25.5 Å². The number of nitrogens with two attached hydrogens (primary N) is 1. The molecule has 98 valence electrons. The number of aliphatic hydroxyl groups is 1. The molecule has 1 aromatic rings. The highest BCUT2D eigenvalue weighted by atomic mass is 32.2. The molecule has 0 saturated carbocycles. The van der Waals surface area contributed by atoms with Crippen molar-refractivity contribution >= 4 is 21.7 Å². The van der Waals surface area contributed by atoms with Crippen molar-refractivity contribution in [1.29, 1.82) is 0 Å². The Labute approximate surface area is 104 Å². The average molecular weight is 271 g/mol. The third kappa shape index (κ3) is 2.50. The van der Waals surface area contributed by atoms with Crippen LogP contribution in [0.4, 0.5) is 5.82 Å². The van der Waals surface area contributed by atoms with Crippen molar-refractivity contribution in [2.24, 2.45) is 5.14 Å². The van der Waals surface area contributed by atoms with Crippen LogP contribution in [-0.4, -0.2) is 36.2 Å². The number of nitrogens with zero attached hydrogens (tertiary/aromatic N) is 2. The molecule has 1 fully saturated rings. The van der Waals surface area contributed by atoms with Gasteiger partial charge in [0.15, 0.2) is 0 Å². The number of aromatic nitrogens is 1. The summed E-state index contributed by atoms with van der Waals surface area (Å²) in [4.78, 5) is 17.1. The van der Waals surface area contributed by atoms with Gasteiger partial charge in [-0.15, -0.1) is 0 Å². The van der Waals surface area contributed by atoms with E-state index in [0.29, 0.717) is 11.5 Å². The largest absolute Gasteiger partial charge is 0.390 e. The Morgan fingerprint density at radius 1 is 1.50 bits per heavy atom. The standard InChI is InChI=1S/C10H13N3O4S/c11-18(16,17)8-4-10(15)13(5-8)9-3-1-2-7(6-14)12-9/h1-3,8,14H,4-6H2,(H2,11,16,17). The molecule has 2 rings (SSSR count). The minimum absolute atomic E-state index is 0.000448. The maximum atomic E-state index is 11.7. The molecule has 2 heterocycles. The Morgan fingerprint density at radius 2 is 2.22 bits per heavy atom. The first kappa shape index (κ1) is 12.9. The van der Waals surface area contributed by atoms with Crippen LogP contribution in [0.5, 0.6) is 0 Å². The quantitative estimate of drug-likeness (QED) is 0.729. The first-order valence-corrected chi connectivity index (χ1v) is 6.91. The molecule has 0 radical (unpaired) electrons. The number of rotatable bonds is 3. The first-order chi connectivity index (χ1) is 8.41. The highest BCUT2D eigenvalue weighted by molar-refractivity contribution is 7.89. The molecule has 1 aromatic heterocycles. The molecule has 1 atom stereocenters. The number of aliphatic hydroxyl groups excluding tert-OH is 1. The van der Waals surface area contributed by atoms with E-state index in [0.717, 1.165) is 0 Å². The number of sulfonamides is 1. The van der Waals surface area contributed by atoms with E-state index in [1.54, 1.807) is 18.2 Å². The van der Waals surface area contributed by atoms with Crippen molar-refractivity contribution in [3.63, 3.8) is 0 Å². The summed E-state index contributed by atoms with van der Waals surface area (Å²) in [5.74, 6) is -0.00526. The Morgan fingerprint density at radius 3 is 2.78 bits per heavy atom. The lowest BCUT2D eigenvalue weighted by molar-refractivity contribution is -0.117. The van der Waals surface area contributed by atoms with Crippen molar-refractivity contribution in [1.82, 2.24) is 4.98 Å². The first-order valence-electron chi connectivity index (χ1n) is 5.30. The molecule has 0 bridgehead atoms. The van der Waals surface area contributed by atoms with Crippen molar-refractivity contribution in [3.05, 3.63) is 23.9 Å². The van der Waals surface area contributed by atoms with Gasteiger partial charge in [-0.3, -0.25) is 9.69 Å². The van der Waals surface area contributed by atoms with Crippen molar-refractivity contribution in [3.8, 4) is 0 Å². The van der Waals surface area contributed by atoms with Gasteiger partial charge in [-0.1, -0.05) is 6.07 Å². The average Bonchev–Trinajstić information content (AvgIpc) is 2.71. The molecular weight excluding hydrogens is 258 g/mol. The Hall–Kier alpha value is -1.51. The van der Waals surface area contributed by atoms with Crippen LogP contribution >= 0.6 is 0 Å². The Kier molecular flexibility index (Phi) is 3.33. The van der Waals surface area contributed by atoms with Crippen LogP contribution in [0.3, 0.4) is 0 Å². The summed E-state index contributed by atoms with van der Waals surface area (Å²) < 4.78 is 22.4. The van der Waals surface area contributed by atoms with Gasteiger partial charge in [-0.2, -0.15) is 0 Å². The topological polar surface area (TPSA) is 114 Å². The monoisotopic (exact) mass is 271 g/mol. The van der Waals surface area contributed by atoms with Crippen LogP contribution < -0.4 is 10.0 Å². The fourth-order valence-corrected chi connectivity index (χ4v) is 2.55. The molecule has 0 aliphatic carbocycles. The summed E-state index contributed by atoms with van der Waals surface area (Å²) in [6.45, 7) is -0.242. The lowest BCUT2D eigenvalue weighted by atomic mass is 10.3. The summed E-state index contributed by atoms with van der Waals surface area (Å²) >= 11 is 0. The van der Waals surface area contributed by atoms with Gasteiger partial charge in [0.05, 0.1) is 12.3 Å². The Balaban J connectivity index is 2.27. The van der Waals surface area contributed by atoms with Crippen LogP contribution in [-0.2, 0) is 21.4 Å². The molecule has 1 unspecified atom stereocenters. The van der Waals surface area contributed by atoms with Gasteiger partial charge in [0.2, 0.25) is 15.9 Å². The van der Waals surface area contributed by atoms with Gasteiger partial charge >= 0.3 is 0 Å². The maximum Gasteiger partial charge on any atom is 0.229 e. The molecule has 0 spiro atoms. The van der Waals surface area contributed by atoms with Crippen LogP contribution in [0.2, 0.25) is 0 Å². The molecule has 1 amide bonds. The number of amides is 1. The molecule has 8 heteroatoms. The van der Waals surface area contributed by atoms with Gasteiger partial charge in [0.25, 0.3) is 0 Å². The number of pyridine rings is 1. The van der Waals surface area contributed by atoms with E-state index >= 15 is 0 Å². The summed E-state index contributed by atoms with van der Waals surface area (Å²) in [6, 6.07) is 4.84. The van der Waals surface area contributed by atoms with E-state index < -0.39 is 15.3 Å². The zero-order valence-corrected chi connectivity index (χ0v) is 10.3. The van der Waals surface area contributed by atoms with Crippen LogP contribution in [0, 0.1) is 0 Å². The number of carbonyl (C=O) groups is 1. The fraction of sp³-hybridized carbons (Fsp3) is 0.400. The van der Waals surface area contributed by atoms with Gasteiger partial charge in [-0.25, -0.2) is 18.5 Å². The molecule has 0 aromatic carbocycles. The number of hydrogen-bond donors (Lipinski definition) is 2. The summed E-state index contributed by atoms with van der Waals surface area (Å²) in [7, 11) is -3.73. The van der Waals surface area contributed by atoms with Gasteiger partial charge in [-0.05, 0) is 12.1 Å². The molecule has 18 heavy (non-hydrogen) atoms. The second-order valence-electron chi connectivity index (χ2n) is 4.06. The number of anilines is 1. The third-order valence-electron chi connectivity index (χ3n) is 2.78. The van der Waals surface area contributed by atoms with Gasteiger partial charge in [0, 0.05) is 13.0 Å². The summed E-state index contributed by atoms with van der Waals surface area (Å²) in [6.07, 6.45) is -0.135. The van der Waals surface area contributed by atoms with E-state index in [2.05, 4.69) is 4.98 Å². The minimum atomic E-state index is -3.73. The van der Waals surface area contributed by atoms with E-state index in [1.165, 1.54) is 4.90 Å².